The van der Waals surface area contributed by atoms with E-state index in [0.717, 1.165) is 9.13 Å². The van der Waals surface area contributed by atoms with Crippen LogP contribution in [-0.2, 0) is 0 Å². The van der Waals surface area contributed by atoms with E-state index in [1.807, 2.05) is 19.1 Å². The standard InChI is InChI=1S/C9H10INO/c1-5-3-7(6(2)12)9(11)4-8(5)10/h3-4H,11H2,1-2H3. The summed E-state index contributed by atoms with van der Waals surface area (Å²) in [4.78, 5) is 11.0. The third-order valence-corrected chi connectivity index (χ3v) is 2.87. The van der Waals surface area contributed by atoms with Gasteiger partial charge >= 0.3 is 0 Å². The van der Waals surface area contributed by atoms with Crippen LogP contribution in [0.2, 0.25) is 0 Å². The predicted octanol–water partition coefficient (Wildman–Crippen LogP) is 2.38. The summed E-state index contributed by atoms with van der Waals surface area (Å²) in [7, 11) is 0. The minimum atomic E-state index is 0.0204. The van der Waals surface area contributed by atoms with Crippen molar-refractivity contribution in [1.82, 2.24) is 0 Å². The minimum Gasteiger partial charge on any atom is -0.398 e. The zero-order chi connectivity index (χ0) is 9.30. The molecule has 0 bridgehead atoms. The Kier molecular flexibility index (Phi) is 2.72. The first-order valence-corrected chi connectivity index (χ1v) is 4.67. The van der Waals surface area contributed by atoms with E-state index in [-0.39, 0.29) is 5.78 Å². The number of carbonyl (C=O) groups excluding carboxylic acids is 1. The maximum Gasteiger partial charge on any atom is 0.161 e. The van der Waals surface area contributed by atoms with Crippen molar-refractivity contribution in [3.8, 4) is 0 Å². The molecule has 0 radical (unpaired) electrons. The number of Topliss-reactive ketones (excluding diaryl/α,β-unsaturated/α-hetero) is 1. The molecule has 1 aromatic rings. The Morgan fingerprint density at radius 2 is 2.08 bits per heavy atom. The molecule has 0 amide bonds. The molecule has 1 rings (SSSR count). The zero-order valence-electron chi connectivity index (χ0n) is 7.02. The third-order valence-electron chi connectivity index (χ3n) is 1.71. The average Bonchev–Trinajstić information content (AvgIpc) is 1.96. The van der Waals surface area contributed by atoms with Gasteiger partial charge < -0.3 is 5.73 Å². The van der Waals surface area contributed by atoms with Crippen molar-refractivity contribution >= 4 is 34.1 Å². The van der Waals surface area contributed by atoms with Gasteiger partial charge in [-0.2, -0.15) is 0 Å². The van der Waals surface area contributed by atoms with E-state index in [1.165, 1.54) is 6.92 Å². The van der Waals surface area contributed by atoms with Crippen molar-refractivity contribution in [3.05, 3.63) is 26.8 Å². The van der Waals surface area contributed by atoms with Gasteiger partial charge in [-0.3, -0.25) is 4.79 Å². The number of ketones is 1. The van der Waals surface area contributed by atoms with E-state index in [0.29, 0.717) is 11.3 Å². The van der Waals surface area contributed by atoms with Gasteiger partial charge in [0.15, 0.2) is 5.78 Å². The second-order valence-corrected chi connectivity index (χ2v) is 3.91. The first kappa shape index (κ1) is 9.51. The van der Waals surface area contributed by atoms with Gasteiger partial charge in [-0.15, -0.1) is 0 Å². The molecule has 0 atom stereocenters. The van der Waals surface area contributed by atoms with Crippen LogP contribution >= 0.6 is 22.6 Å². The Bertz CT molecular complexity index is 334. The quantitative estimate of drug-likeness (QED) is 0.486. The lowest BCUT2D eigenvalue weighted by Crippen LogP contribution is -2.01. The lowest BCUT2D eigenvalue weighted by molar-refractivity contribution is 0.101. The molecule has 3 heteroatoms. The molecule has 12 heavy (non-hydrogen) atoms. The highest BCUT2D eigenvalue weighted by molar-refractivity contribution is 14.1. The largest absolute Gasteiger partial charge is 0.398 e. The van der Waals surface area contributed by atoms with E-state index in [1.54, 1.807) is 0 Å². The van der Waals surface area contributed by atoms with E-state index >= 15 is 0 Å². The number of rotatable bonds is 1. The molecule has 0 saturated heterocycles. The molecule has 2 N–H and O–H groups in total. The van der Waals surface area contributed by atoms with Crippen LogP contribution in [0.4, 0.5) is 5.69 Å². The molecule has 0 aliphatic rings. The number of nitrogen functional groups attached to an aromatic ring is 1. The molecule has 0 heterocycles. The van der Waals surface area contributed by atoms with Crippen molar-refractivity contribution in [2.24, 2.45) is 0 Å². The molecular weight excluding hydrogens is 265 g/mol. The number of nitrogens with two attached hydrogens (primary N) is 1. The van der Waals surface area contributed by atoms with Crippen LogP contribution in [0.5, 0.6) is 0 Å². The number of hydrogen-bond donors (Lipinski definition) is 1. The second kappa shape index (κ2) is 3.43. The smallest absolute Gasteiger partial charge is 0.161 e. The van der Waals surface area contributed by atoms with Gasteiger partial charge in [0.1, 0.15) is 0 Å². The summed E-state index contributed by atoms with van der Waals surface area (Å²) in [6, 6.07) is 3.66. The van der Waals surface area contributed by atoms with Crippen LogP contribution in [0.3, 0.4) is 0 Å². The van der Waals surface area contributed by atoms with Crippen LogP contribution in [0.15, 0.2) is 12.1 Å². The molecule has 0 spiro atoms. The van der Waals surface area contributed by atoms with E-state index in [2.05, 4.69) is 22.6 Å². The van der Waals surface area contributed by atoms with Gasteiger partial charge in [0.25, 0.3) is 0 Å². The van der Waals surface area contributed by atoms with Gasteiger partial charge in [0.2, 0.25) is 0 Å². The maximum absolute atomic E-state index is 11.0. The lowest BCUT2D eigenvalue weighted by atomic mass is 10.1. The van der Waals surface area contributed by atoms with Crippen molar-refractivity contribution in [2.75, 3.05) is 5.73 Å². The Balaban J connectivity index is 3.33. The fraction of sp³-hybridized carbons (Fsp3) is 0.222. The van der Waals surface area contributed by atoms with Crippen LogP contribution in [0.25, 0.3) is 0 Å². The molecule has 0 aromatic heterocycles. The summed E-state index contributed by atoms with van der Waals surface area (Å²) in [6.45, 7) is 3.49. The molecule has 64 valence electrons. The fourth-order valence-corrected chi connectivity index (χ4v) is 1.49. The number of aryl methyl sites for hydroxylation is 1. The normalized spacial score (nSPS) is 9.92. The van der Waals surface area contributed by atoms with Crippen LogP contribution < -0.4 is 5.73 Å². The van der Waals surface area contributed by atoms with Gasteiger partial charge in [0, 0.05) is 14.8 Å². The molecule has 0 saturated carbocycles. The predicted molar refractivity (Wildman–Crippen MR) is 58.3 cm³/mol. The minimum absolute atomic E-state index is 0.0204. The second-order valence-electron chi connectivity index (χ2n) is 2.74. The van der Waals surface area contributed by atoms with E-state index in [9.17, 15) is 4.79 Å². The summed E-state index contributed by atoms with van der Waals surface area (Å²) in [6.07, 6.45) is 0. The summed E-state index contributed by atoms with van der Waals surface area (Å²) in [5.41, 5.74) is 7.94. The number of carbonyl (C=O) groups is 1. The SMILES string of the molecule is CC(=O)c1cc(C)c(I)cc1N. The summed E-state index contributed by atoms with van der Waals surface area (Å²) in [5, 5.41) is 0. The monoisotopic (exact) mass is 275 g/mol. The fourth-order valence-electron chi connectivity index (χ4n) is 1.00. The molecule has 0 fully saturated rings. The van der Waals surface area contributed by atoms with Gasteiger partial charge in [-0.05, 0) is 54.1 Å². The Labute approximate surface area is 85.3 Å². The van der Waals surface area contributed by atoms with Crippen molar-refractivity contribution in [2.45, 2.75) is 13.8 Å². The van der Waals surface area contributed by atoms with E-state index in [4.69, 9.17) is 5.73 Å². The Morgan fingerprint density at radius 3 is 2.58 bits per heavy atom. The highest BCUT2D eigenvalue weighted by atomic mass is 127. The highest BCUT2D eigenvalue weighted by Gasteiger charge is 2.06. The summed E-state index contributed by atoms with van der Waals surface area (Å²) in [5.74, 6) is 0.0204. The summed E-state index contributed by atoms with van der Waals surface area (Å²) >= 11 is 2.20. The van der Waals surface area contributed by atoms with Crippen molar-refractivity contribution < 1.29 is 4.79 Å². The molecule has 1 aromatic carbocycles. The number of halogens is 1. The number of anilines is 1. The topological polar surface area (TPSA) is 43.1 Å². The van der Waals surface area contributed by atoms with Crippen LogP contribution in [0, 0.1) is 10.5 Å². The molecule has 2 nitrogen and oxygen atoms in total. The van der Waals surface area contributed by atoms with Crippen molar-refractivity contribution in [3.63, 3.8) is 0 Å². The molecule has 0 aliphatic carbocycles. The number of hydrogen-bond acceptors (Lipinski definition) is 2. The molecule has 0 aliphatic heterocycles. The van der Waals surface area contributed by atoms with Gasteiger partial charge in [-0.25, -0.2) is 0 Å². The van der Waals surface area contributed by atoms with Crippen LogP contribution in [0.1, 0.15) is 22.8 Å². The Morgan fingerprint density at radius 1 is 1.50 bits per heavy atom. The Hall–Kier alpha value is -0.580. The zero-order valence-corrected chi connectivity index (χ0v) is 9.18. The maximum atomic E-state index is 11.0. The first-order valence-electron chi connectivity index (χ1n) is 3.59. The van der Waals surface area contributed by atoms with Gasteiger partial charge in [-0.1, -0.05) is 0 Å². The number of benzene rings is 1. The lowest BCUT2D eigenvalue weighted by Gasteiger charge is -2.04. The van der Waals surface area contributed by atoms with Gasteiger partial charge in [0.05, 0.1) is 0 Å². The molecular formula is C9H10INO. The third kappa shape index (κ3) is 1.77. The first-order chi connectivity index (χ1) is 5.52. The highest BCUT2D eigenvalue weighted by Crippen LogP contribution is 2.20. The van der Waals surface area contributed by atoms with Crippen molar-refractivity contribution in [1.29, 1.82) is 0 Å². The average molecular weight is 275 g/mol. The van der Waals surface area contributed by atoms with Crippen LogP contribution in [-0.4, -0.2) is 5.78 Å². The van der Waals surface area contributed by atoms with E-state index < -0.39 is 0 Å². The summed E-state index contributed by atoms with van der Waals surface area (Å²) < 4.78 is 1.09. The molecule has 0 unspecified atom stereocenters.